The molecule has 1 aliphatic rings. The van der Waals surface area contributed by atoms with Gasteiger partial charge in [-0.25, -0.2) is 4.98 Å². The fourth-order valence-electron chi connectivity index (χ4n) is 4.78. The Morgan fingerprint density at radius 1 is 0.975 bits per heavy atom. The Bertz CT molecular complexity index is 1620. The van der Waals surface area contributed by atoms with Crippen LogP contribution in [0.25, 0.3) is 5.76 Å². The summed E-state index contributed by atoms with van der Waals surface area (Å²) in [6.07, 6.45) is 3.38. The predicted molar refractivity (Wildman–Crippen MR) is 143 cm³/mol. The number of carbonyl (C=O) groups is 2. The molecule has 9 nitrogen and oxygen atoms in total. The molecule has 1 unspecified atom stereocenters. The minimum Gasteiger partial charge on any atom is -0.872 e. The van der Waals surface area contributed by atoms with E-state index in [-0.39, 0.29) is 23.4 Å². The van der Waals surface area contributed by atoms with Crippen LogP contribution < -0.4 is 14.8 Å². The number of ketones is 1. The van der Waals surface area contributed by atoms with E-state index in [1.807, 2.05) is 30.3 Å². The van der Waals surface area contributed by atoms with E-state index >= 15 is 0 Å². The van der Waals surface area contributed by atoms with Crippen LogP contribution in [0.15, 0.2) is 103 Å². The van der Waals surface area contributed by atoms with E-state index in [4.69, 9.17) is 4.74 Å². The van der Waals surface area contributed by atoms with Crippen molar-refractivity contribution in [3.8, 4) is 5.75 Å². The summed E-state index contributed by atoms with van der Waals surface area (Å²) in [5, 5.41) is 25.4. The Hall–Kier alpha value is -5.31. The third kappa shape index (κ3) is 5.30. The topological polar surface area (TPSA) is 127 Å². The molecule has 0 radical (unpaired) electrons. The SMILES string of the molecule is Cc1cc(OCc2ccccc2)ccc1C([O-])=C1C(=O)C(=O)N(Cc2ccc[nH+]c2)C1c1cccc([N+](=O)[O-])c1. The van der Waals surface area contributed by atoms with Crippen LogP contribution >= 0.6 is 0 Å². The van der Waals surface area contributed by atoms with Crippen molar-refractivity contribution in [1.29, 1.82) is 0 Å². The highest BCUT2D eigenvalue weighted by atomic mass is 16.6. The number of H-pyrrole nitrogens is 1. The zero-order valence-electron chi connectivity index (χ0n) is 21.6. The lowest BCUT2D eigenvalue weighted by Gasteiger charge is -2.27. The van der Waals surface area contributed by atoms with Crippen LogP contribution in [0.3, 0.4) is 0 Å². The summed E-state index contributed by atoms with van der Waals surface area (Å²) in [5.74, 6) is -1.83. The van der Waals surface area contributed by atoms with Crippen LogP contribution in [0, 0.1) is 17.0 Å². The molecular formula is C31H25N3O6. The summed E-state index contributed by atoms with van der Waals surface area (Å²) < 4.78 is 5.87. The van der Waals surface area contributed by atoms with E-state index in [0.717, 1.165) is 5.56 Å². The Morgan fingerprint density at radius 2 is 1.75 bits per heavy atom. The number of carbonyl (C=O) groups excluding carboxylic acids is 2. The molecule has 0 aliphatic carbocycles. The number of pyridine rings is 1. The Labute approximate surface area is 230 Å². The number of nitro groups is 1. The maximum Gasteiger partial charge on any atom is 0.295 e. The smallest absolute Gasteiger partial charge is 0.295 e. The number of nitrogens with one attached hydrogen (secondary N) is 1. The van der Waals surface area contributed by atoms with Crippen LogP contribution in [-0.4, -0.2) is 21.5 Å². The second-order valence-electron chi connectivity index (χ2n) is 9.42. The van der Waals surface area contributed by atoms with Crippen LogP contribution in [-0.2, 0) is 22.7 Å². The van der Waals surface area contributed by atoms with Crippen molar-refractivity contribution in [2.24, 2.45) is 0 Å². The number of ether oxygens (including phenoxy) is 1. The van der Waals surface area contributed by atoms with Crippen molar-refractivity contribution in [2.45, 2.75) is 26.1 Å². The number of non-ortho nitro benzene ring substituents is 1. The fraction of sp³-hybridized carbons (Fsp3) is 0.129. The average molecular weight is 536 g/mol. The summed E-state index contributed by atoms with van der Waals surface area (Å²) in [4.78, 5) is 41.8. The summed E-state index contributed by atoms with van der Waals surface area (Å²) in [7, 11) is 0. The maximum atomic E-state index is 13.9. The monoisotopic (exact) mass is 535 g/mol. The number of nitrogens with zero attached hydrogens (tertiary/aromatic N) is 2. The Balaban J connectivity index is 1.55. The highest BCUT2D eigenvalue weighted by Crippen LogP contribution is 2.41. The molecule has 1 fully saturated rings. The lowest BCUT2D eigenvalue weighted by molar-refractivity contribution is -0.385. The molecular weight excluding hydrogens is 510 g/mol. The van der Waals surface area contributed by atoms with Gasteiger partial charge in [0.05, 0.1) is 17.5 Å². The van der Waals surface area contributed by atoms with Gasteiger partial charge < -0.3 is 14.7 Å². The number of aromatic nitrogens is 1. The molecule has 1 amide bonds. The largest absolute Gasteiger partial charge is 0.872 e. The van der Waals surface area contributed by atoms with Crippen LogP contribution in [0.4, 0.5) is 5.69 Å². The van der Waals surface area contributed by atoms with Crippen molar-refractivity contribution in [2.75, 3.05) is 0 Å². The standard InChI is InChI=1S/C31H25N3O6/c1-20-15-25(40-19-21-7-3-2-4-8-21)12-13-26(20)29(35)27-28(23-10-5-11-24(16-23)34(38)39)33(31(37)30(27)36)18-22-9-6-14-32-17-22/h2-17,28,35H,18-19H2,1H3. The van der Waals surface area contributed by atoms with Crippen molar-refractivity contribution >= 4 is 23.1 Å². The number of amides is 1. The van der Waals surface area contributed by atoms with Crippen LogP contribution in [0.1, 0.15) is 33.9 Å². The Kier molecular flexibility index (Phi) is 7.37. The van der Waals surface area contributed by atoms with Gasteiger partial charge in [0.15, 0.2) is 12.4 Å². The highest BCUT2D eigenvalue weighted by Gasteiger charge is 2.44. The molecule has 0 bridgehead atoms. The quantitative estimate of drug-likeness (QED) is 0.111. The first-order valence-corrected chi connectivity index (χ1v) is 12.6. The number of Topliss-reactive ketones (excluding diaryl/α,β-unsaturated/α-hetero) is 1. The van der Waals surface area contributed by atoms with E-state index in [0.29, 0.717) is 29.0 Å². The van der Waals surface area contributed by atoms with E-state index in [1.54, 1.807) is 55.7 Å². The number of likely N-dealkylation sites (tertiary alicyclic amines) is 1. The maximum absolute atomic E-state index is 13.9. The molecule has 1 saturated heterocycles. The van der Waals surface area contributed by atoms with Gasteiger partial charge in [-0.1, -0.05) is 54.3 Å². The first-order chi connectivity index (χ1) is 19.3. The van der Waals surface area contributed by atoms with Crippen LogP contribution in [0.2, 0.25) is 0 Å². The molecule has 1 aromatic heterocycles. The molecule has 1 atom stereocenters. The molecule has 9 heteroatoms. The van der Waals surface area contributed by atoms with Crippen molar-refractivity contribution in [1.82, 2.24) is 4.90 Å². The predicted octanol–water partition coefficient (Wildman–Crippen LogP) is 3.72. The van der Waals surface area contributed by atoms with Gasteiger partial charge in [0, 0.05) is 29.3 Å². The zero-order chi connectivity index (χ0) is 28.2. The molecule has 200 valence electrons. The summed E-state index contributed by atoms with van der Waals surface area (Å²) in [5.41, 5.74) is 2.35. The molecule has 40 heavy (non-hydrogen) atoms. The van der Waals surface area contributed by atoms with E-state index < -0.39 is 28.4 Å². The third-order valence-electron chi connectivity index (χ3n) is 6.74. The van der Waals surface area contributed by atoms with Gasteiger partial charge in [0.1, 0.15) is 12.4 Å². The van der Waals surface area contributed by atoms with Crippen LogP contribution in [0.5, 0.6) is 5.75 Å². The third-order valence-corrected chi connectivity index (χ3v) is 6.74. The molecule has 0 saturated carbocycles. The normalized spacial score (nSPS) is 16.2. The number of aryl methyl sites for hydroxylation is 1. The van der Waals surface area contributed by atoms with Gasteiger partial charge in [0.2, 0.25) is 5.78 Å². The minimum absolute atomic E-state index is 0.0251. The van der Waals surface area contributed by atoms with Gasteiger partial charge in [0.25, 0.3) is 11.6 Å². The summed E-state index contributed by atoms with van der Waals surface area (Å²) >= 11 is 0. The minimum atomic E-state index is -1.10. The second-order valence-corrected chi connectivity index (χ2v) is 9.42. The van der Waals surface area contributed by atoms with Gasteiger partial charge in [-0.05, 0) is 47.4 Å². The van der Waals surface area contributed by atoms with Gasteiger partial charge in [-0.2, -0.15) is 0 Å². The van der Waals surface area contributed by atoms with E-state index in [9.17, 15) is 24.8 Å². The Morgan fingerprint density at radius 3 is 2.45 bits per heavy atom. The number of aromatic amines is 1. The summed E-state index contributed by atoms with van der Waals surface area (Å²) in [6.45, 7) is 2.10. The number of rotatable bonds is 8. The number of benzene rings is 3. The van der Waals surface area contributed by atoms with E-state index in [2.05, 4.69) is 4.98 Å². The van der Waals surface area contributed by atoms with E-state index in [1.165, 1.54) is 23.1 Å². The van der Waals surface area contributed by atoms with Crippen molar-refractivity contribution in [3.63, 3.8) is 0 Å². The lowest BCUT2D eigenvalue weighted by atomic mass is 9.93. The number of hydrogen-bond acceptors (Lipinski definition) is 6. The summed E-state index contributed by atoms with van der Waals surface area (Å²) in [6, 6.07) is 22.6. The molecule has 1 N–H and O–H groups in total. The molecule has 0 spiro atoms. The highest BCUT2D eigenvalue weighted by molar-refractivity contribution is 6.46. The first-order valence-electron chi connectivity index (χ1n) is 12.6. The van der Waals surface area contributed by atoms with Gasteiger partial charge >= 0.3 is 0 Å². The number of hydrogen-bond donors (Lipinski definition) is 0. The fourth-order valence-corrected chi connectivity index (χ4v) is 4.78. The van der Waals surface area contributed by atoms with Gasteiger partial charge in [-0.15, -0.1) is 0 Å². The number of nitro benzene ring substituents is 1. The molecule has 4 aromatic rings. The van der Waals surface area contributed by atoms with Crippen molar-refractivity contribution in [3.05, 3.63) is 141 Å². The first kappa shape index (κ1) is 26.3. The molecule has 3 aromatic carbocycles. The van der Waals surface area contributed by atoms with Crippen molar-refractivity contribution < 1.29 is 29.3 Å². The van der Waals surface area contributed by atoms with Gasteiger partial charge in [-0.3, -0.25) is 19.7 Å². The lowest BCUT2D eigenvalue weighted by Crippen LogP contribution is -2.29. The second kappa shape index (κ2) is 11.2. The molecule has 5 rings (SSSR count). The average Bonchev–Trinajstić information content (AvgIpc) is 3.22. The molecule has 1 aliphatic heterocycles. The molecule has 2 heterocycles. The zero-order valence-corrected chi connectivity index (χ0v) is 21.6.